The molecule has 0 aliphatic heterocycles. The van der Waals surface area contributed by atoms with Crippen LogP contribution < -0.4 is 9.62 Å². The summed E-state index contributed by atoms with van der Waals surface area (Å²) in [5.74, 6) is -0.790. The van der Waals surface area contributed by atoms with Gasteiger partial charge in [-0.25, -0.2) is 8.42 Å². The molecule has 0 aliphatic rings. The molecule has 0 spiro atoms. The molecule has 0 saturated heterocycles. The standard InChI is InChI=1S/C25H33Cl2N3O4S/c1-5-7-15-28-25(32)21(6-2)29(16-19-12-9-8-11-18(19)3)23(31)17-30(35(4,33)34)22-14-10-13-20(26)24(22)27/h8-14,21H,5-7,15-17H2,1-4H3,(H,28,32)/t21-/m0/s1. The Bertz CT molecular complexity index is 1140. The number of anilines is 1. The number of carbonyl (C=O) groups excluding carboxylic acids is 2. The molecule has 0 aliphatic carbocycles. The lowest BCUT2D eigenvalue weighted by atomic mass is 10.1. The van der Waals surface area contributed by atoms with Gasteiger partial charge in [0.1, 0.15) is 12.6 Å². The largest absolute Gasteiger partial charge is 0.354 e. The van der Waals surface area contributed by atoms with Crippen molar-refractivity contribution in [3.63, 3.8) is 0 Å². The first-order valence-electron chi connectivity index (χ1n) is 11.5. The molecule has 0 unspecified atom stereocenters. The van der Waals surface area contributed by atoms with Crippen molar-refractivity contribution in [3.8, 4) is 0 Å². The van der Waals surface area contributed by atoms with Gasteiger partial charge in [-0.2, -0.15) is 0 Å². The first-order chi connectivity index (χ1) is 16.5. The van der Waals surface area contributed by atoms with Gasteiger partial charge in [0.05, 0.1) is 22.0 Å². The van der Waals surface area contributed by atoms with Gasteiger partial charge in [-0.1, -0.05) is 73.8 Å². The van der Waals surface area contributed by atoms with Gasteiger partial charge in [-0.15, -0.1) is 0 Å². The van der Waals surface area contributed by atoms with Crippen molar-refractivity contribution < 1.29 is 18.0 Å². The fourth-order valence-electron chi connectivity index (χ4n) is 3.68. The second kappa shape index (κ2) is 13.1. The summed E-state index contributed by atoms with van der Waals surface area (Å²) in [6.45, 7) is 5.92. The third-order valence-electron chi connectivity index (χ3n) is 5.70. The Kier molecular flexibility index (Phi) is 10.9. The number of halogens is 2. The molecule has 0 fully saturated rings. The molecule has 0 saturated carbocycles. The van der Waals surface area contributed by atoms with E-state index in [0.29, 0.717) is 13.0 Å². The van der Waals surface area contributed by atoms with Gasteiger partial charge in [0.2, 0.25) is 21.8 Å². The van der Waals surface area contributed by atoms with E-state index >= 15 is 0 Å². The highest BCUT2D eigenvalue weighted by atomic mass is 35.5. The minimum atomic E-state index is -3.89. The molecule has 0 heterocycles. The third kappa shape index (κ3) is 7.85. The van der Waals surface area contributed by atoms with Crippen LogP contribution in [0.15, 0.2) is 42.5 Å². The number of nitrogens with one attached hydrogen (secondary N) is 1. The Morgan fingerprint density at radius 1 is 1.06 bits per heavy atom. The lowest BCUT2D eigenvalue weighted by molar-refractivity contribution is -0.140. The first-order valence-corrected chi connectivity index (χ1v) is 14.1. The zero-order valence-corrected chi connectivity index (χ0v) is 22.9. The number of carbonyl (C=O) groups is 2. The number of aryl methyl sites for hydroxylation is 1. The molecule has 0 aromatic heterocycles. The van der Waals surface area contributed by atoms with Gasteiger partial charge in [0.25, 0.3) is 0 Å². The maximum absolute atomic E-state index is 13.7. The van der Waals surface area contributed by atoms with Crippen molar-refractivity contribution in [2.24, 2.45) is 0 Å². The molecule has 0 radical (unpaired) electrons. The maximum Gasteiger partial charge on any atom is 0.244 e. The number of hydrogen-bond acceptors (Lipinski definition) is 4. The van der Waals surface area contributed by atoms with Crippen LogP contribution in [0.25, 0.3) is 0 Å². The number of sulfonamides is 1. The molecular formula is C25H33Cl2N3O4S. The highest BCUT2D eigenvalue weighted by Crippen LogP contribution is 2.33. The van der Waals surface area contributed by atoms with E-state index in [1.807, 2.05) is 45.0 Å². The van der Waals surface area contributed by atoms with E-state index in [0.717, 1.165) is 34.5 Å². The van der Waals surface area contributed by atoms with Crippen molar-refractivity contribution in [1.82, 2.24) is 10.2 Å². The van der Waals surface area contributed by atoms with Crippen LogP contribution >= 0.6 is 23.2 Å². The molecule has 2 aromatic carbocycles. The van der Waals surface area contributed by atoms with Crippen LogP contribution in [0.5, 0.6) is 0 Å². The zero-order chi connectivity index (χ0) is 26.2. The van der Waals surface area contributed by atoms with E-state index < -0.39 is 28.5 Å². The molecule has 2 aromatic rings. The average Bonchev–Trinajstić information content (AvgIpc) is 2.80. The molecule has 10 heteroatoms. The second-order valence-electron chi connectivity index (χ2n) is 8.36. The summed E-state index contributed by atoms with van der Waals surface area (Å²) < 4.78 is 26.3. The summed E-state index contributed by atoms with van der Waals surface area (Å²) in [4.78, 5) is 28.2. The maximum atomic E-state index is 13.7. The highest BCUT2D eigenvalue weighted by molar-refractivity contribution is 7.92. The molecule has 1 N–H and O–H groups in total. The summed E-state index contributed by atoms with van der Waals surface area (Å²) in [6, 6.07) is 11.4. The quantitative estimate of drug-likeness (QED) is 0.391. The molecule has 1 atom stereocenters. The Morgan fingerprint density at radius 3 is 2.34 bits per heavy atom. The lowest BCUT2D eigenvalue weighted by Gasteiger charge is -2.33. The van der Waals surface area contributed by atoms with Crippen LogP contribution in [0, 0.1) is 6.92 Å². The van der Waals surface area contributed by atoms with Crippen LogP contribution in [0.1, 0.15) is 44.2 Å². The fourth-order valence-corrected chi connectivity index (χ4v) is 4.98. The number of unbranched alkanes of at least 4 members (excludes halogenated alkanes) is 1. The van der Waals surface area contributed by atoms with Crippen LogP contribution in [0.4, 0.5) is 5.69 Å². The second-order valence-corrected chi connectivity index (χ2v) is 11.1. The molecule has 0 bridgehead atoms. The number of nitrogens with zero attached hydrogens (tertiary/aromatic N) is 2. The van der Waals surface area contributed by atoms with Gasteiger partial charge >= 0.3 is 0 Å². The smallest absolute Gasteiger partial charge is 0.244 e. The SMILES string of the molecule is CCCCNC(=O)[C@H](CC)N(Cc1ccccc1C)C(=O)CN(c1cccc(Cl)c1Cl)S(C)(=O)=O. The van der Waals surface area contributed by atoms with Crippen molar-refractivity contribution in [3.05, 3.63) is 63.6 Å². The molecule has 2 amide bonds. The number of benzene rings is 2. The van der Waals surface area contributed by atoms with Gasteiger partial charge < -0.3 is 10.2 Å². The Balaban J connectivity index is 2.46. The monoisotopic (exact) mass is 541 g/mol. The summed E-state index contributed by atoms with van der Waals surface area (Å²) in [7, 11) is -3.89. The van der Waals surface area contributed by atoms with E-state index in [-0.39, 0.29) is 28.2 Å². The van der Waals surface area contributed by atoms with E-state index in [4.69, 9.17) is 23.2 Å². The molecule has 7 nitrogen and oxygen atoms in total. The van der Waals surface area contributed by atoms with Crippen molar-refractivity contribution in [2.45, 2.75) is 52.6 Å². The van der Waals surface area contributed by atoms with E-state index in [2.05, 4.69) is 5.32 Å². The minimum absolute atomic E-state index is 0.0298. The molecule has 35 heavy (non-hydrogen) atoms. The Hall–Kier alpha value is -2.29. The predicted octanol–water partition coefficient (Wildman–Crippen LogP) is 4.79. The van der Waals surface area contributed by atoms with Crippen LogP contribution in [0.3, 0.4) is 0 Å². The van der Waals surface area contributed by atoms with Crippen molar-refractivity contribution >= 4 is 50.7 Å². The number of rotatable bonds is 12. The van der Waals surface area contributed by atoms with Gasteiger partial charge in [-0.3, -0.25) is 13.9 Å². The Labute approximate surface area is 218 Å². The van der Waals surface area contributed by atoms with E-state index in [9.17, 15) is 18.0 Å². The Morgan fingerprint density at radius 2 is 1.74 bits per heavy atom. The number of hydrogen-bond donors (Lipinski definition) is 1. The lowest BCUT2D eigenvalue weighted by Crippen LogP contribution is -2.52. The average molecular weight is 543 g/mol. The van der Waals surface area contributed by atoms with Gasteiger partial charge in [0.15, 0.2) is 0 Å². The normalized spacial score (nSPS) is 12.2. The highest BCUT2D eigenvalue weighted by Gasteiger charge is 2.32. The minimum Gasteiger partial charge on any atom is -0.354 e. The fraction of sp³-hybridized carbons (Fsp3) is 0.440. The van der Waals surface area contributed by atoms with Crippen LogP contribution in [-0.4, -0.2) is 50.5 Å². The van der Waals surface area contributed by atoms with E-state index in [1.54, 1.807) is 6.07 Å². The zero-order valence-electron chi connectivity index (χ0n) is 20.6. The molecular weight excluding hydrogens is 509 g/mol. The van der Waals surface area contributed by atoms with Crippen molar-refractivity contribution in [1.29, 1.82) is 0 Å². The summed E-state index contributed by atoms with van der Waals surface area (Å²) in [6.07, 6.45) is 3.11. The summed E-state index contributed by atoms with van der Waals surface area (Å²) in [5.41, 5.74) is 1.93. The van der Waals surface area contributed by atoms with Crippen LogP contribution in [0.2, 0.25) is 10.0 Å². The van der Waals surface area contributed by atoms with E-state index in [1.165, 1.54) is 17.0 Å². The molecule has 192 valence electrons. The first kappa shape index (κ1) is 28.9. The summed E-state index contributed by atoms with van der Waals surface area (Å²) >= 11 is 12.4. The summed E-state index contributed by atoms with van der Waals surface area (Å²) in [5, 5.41) is 3.10. The molecule has 2 rings (SSSR count). The topological polar surface area (TPSA) is 86.8 Å². The van der Waals surface area contributed by atoms with Gasteiger partial charge in [-0.05, 0) is 43.0 Å². The third-order valence-corrected chi connectivity index (χ3v) is 7.63. The number of amides is 2. The van der Waals surface area contributed by atoms with Crippen LogP contribution in [-0.2, 0) is 26.2 Å². The van der Waals surface area contributed by atoms with Gasteiger partial charge in [0, 0.05) is 13.1 Å². The predicted molar refractivity (Wildman–Crippen MR) is 142 cm³/mol. The van der Waals surface area contributed by atoms with Crippen molar-refractivity contribution in [2.75, 3.05) is 23.7 Å².